The van der Waals surface area contributed by atoms with Crippen LogP contribution in [0.3, 0.4) is 0 Å². The van der Waals surface area contributed by atoms with Crippen LogP contribution in [-0.2, 0) is 11.0 Å². The summed E-state index contributed by atoms with van der Waals surface area (Å²) in [5.74, 6) is 1.12. The van der Waals surface area contributed by atoms with Crippen molar-refractivity contribution in [3.8, 4) is 0 Å². The molecule has 3 heteroatoms. The van der Waals surface area contributed by atoms with E-state index >= 15 is 0 Å². The summed E-state index contributed by atoms with van der Waals surface area (Å²) in [5, 5.41) is 0. The van der Waals surface area contributed by atoms with E-state index in [1.54, 1.807) is 0 Å². The molecule has 0 heterocycles. The maximum atomic E-state index is 12.9. The molecule has 1 rings (SSSR count). The molecule has 0 saturated heterocycles. The Morgan fingerprint density at radius 1 is 0.913 bits per heavy atom. The van der Waals surface area contributed by atoms with Crippen LogP contribution in [0.4, 0.5) is 0 Å². The van der Waals surface area contributed by atoms with Gasteiger partial charge in [0.1, 0.15) is 0 Å². The fourth-order valence-corrected chi connectivity index (χ4v) is 3.86. The molecule has 1 atom stereocenters. The lowest BCUT2D eigenvalue weighted by Gasteiger charge is -2.21. The van der Waals surface area contributed by atoms with Crippen LogP contribution in [0.25, 0.3) is 0 Å². The third-order valence-corrected chi connectivity index (χ3v) is 4.91. The van der Waals surface area contributed by atoms with Gasteiger partial charge >= 0.3 is 0 Å². The summed E-state index contributed by atoms with van der Waals surface area (Å²) in [6.07, 6.45) is 1.81. The first-order valence-electron chi connectivity index (χ1n) is 8.59. The topological polar surface area (TPSA) is 29.4 Å². The summed E-state index contributed by atoms with van der Waals surface area (Å²) in [7, 11) is -1.35. The summed E-state index contributed by atoms with van der Waals surface area (Å²) in [5.41, 5.74) is 3.59. The van der Waals surface area contributed by atoms with Crippen molar-refractivity contribution in [3.63, 3.8) is 0 Å². The Balaban J connectivity index is 3.55. The summed E-state index contributed by atoms with van der Waals surface area (Å²) in [4.78, 5) is 0.917. The second kappa shape index (κ2) is 7.74. The second-order valence-corrected chi connectivity index (χ2v) is 9.46. The average Bonchev–Trinajstić information content (AvgIpc) is 2.42. The standard InChI is InChI=1S/C20H33NOS/c1-13(2)16-10-17(14(3)4)19(18(11-16)15(5)6)23(22)21-12-20(7,8)9/h10-15H,1-9H3/t23-/m0/s1. The van der Waals surface area contributed by atoms with Crippen LogP contribution in [0.15, 0.2) is 21.4 Å². The third kappa shape index (κ3) is 5.56. The minimum Gasteiger partial charge on any atom is -0.229 e. The van der Waals surface area contributed by atoms with E-state index in [9.17, 15) is 4.21 Å². The molecular weight excluding hydrogens is 302 g/mol. The van der Waals surface area contributed by atoms with Crippen molar-refractivity contribution in [2.75, 3.05) is 0 Å². The van der Waals surface area contributed by atoms with Crippen LogP contribution in [0.1, 0.15) is 96.8 Å². The van der Waals surface area contributed by atoms with E-state index in [-0.39, 0.29) is 5.41 Å². The minimum absolute atomic E-state index is 0.0660. The fraction of sp³-hybridized carbons (Fsp3) is 0.650. The second-order valence-electron chi connectivity index (χ2n) is 8.34. The van der Waals surface area contributed by atoms with Crippen molar-refractivity contribution in [1.82, 2.24) is 0 Å². The van der Waals surface area contributed by atoms with Crippen LogP contribution in [0, 0.1) is 5.41 Å². The van der Waals surface area contributed by atoms with Gasteiger partial charge in [0.25, 0.3) is 0 Å². The van der Waals surface area contributed by atoms with Gasteiger partial charge in [-0.15, -0.1) is 0 Å². The summed E-state index contributed by atoms with van der Waals surface area (Å²) in [6.45, 7) is 19.3. The number of hydrogen-bond acceptors (Lipinski definition) is 1. The Morgan fingerprint density at radius 3 is 1.65 bits per heavy atom. The highest BCUT2D eigenvalue weighted by Gasteiger charge is 2.21. The maximum absolute atomic E-state index is 12.9. The normalized spacial score (nSPS) is 14.4. The zero-order valence-electron chi connectivity index (χ0n) is 16.2. The molecule has 1 aromatic rings. The molecule has 0 fully saturated rings. The van der Waals surface area contributed by atoms with Crippen molar-refractivity contribution in [2.24, 2.45) is 9.81 Å². The van der Waals surface area contributed by atoms with Crippen molar-refractivity contribution in [3.05, 3.63) is 28.8 Å². The van der Waals surface area contributed by atoms with Gasteiger partial charge in [-0.05, 0) is 39.9 Å². The van der Waals surface area contributed by atoms with Crippen LogP contribution in [0.5, 0.6) is 0 Å². The highest BCUT2D eigenvalue weighted by atomic mass is 32.2. The van der Waals surface area contributed by atoms with Gasteiger partial charge in [0.2, 0.25) is 0 Å². The highest BCUT2D eigenvalue weighted by molar-refractivity contribution is 7.84. The summed E-state index contributed by atoms with van der Waals surface area (Å²) >= 11 is 0. The molecule has 130 valence electrons. The quantitative estimate of drug-likeness (QED) is 0.589. The lowest BCUT2D eigenvalue weighted by Crippen LogP contribution is -2.10. The van der Waals surface area contributed by atoms with E-state index in [1.807, 2.05) is 6.21 Å². The number of nitrogens with zero attached hydrogens (tertiary/aromatic N) is 1. The number of rotatable bonds is 5. The molecule has 0 N–H and O–H groups in total. The average molecular weight is 336 g/mol. The number of hydrogen-bond donors (Lipinski definition) is 0. The van der Waals surface area contributed by atoms with Gasteiger partial charge < -0.3 is 0 Å². The van der Waals surface area contributed by atoms with Gasteiger partial charge in [0.05, 0.1) is 4.90 Å². The Hall–Kier alpha value is -0.960. The zero-order valence-corrected chi connectivity index (χ0v) is 17.0. The van der Waals surface area contributed by atoms with E-state index in [4.69, 9.17) is 0 Å². The van der Waals surface area contributed by atoms with E-state index in [2.05, 4.69) is 78.8 Å². The lowest BCUT2D eigenvalue weighted by atomic mass is 9.89. The molecule has 0 aliphatic rings. The lowest BCUT2D eigenvalue weighted by molar-refractivity contribution is 0.607. The van der Waals surface area contributed by atoms with Crippen LogP contribution in [-0.4, -0.2) is 10.4 Å². The molecule has 0 aliphatic heterocycles. The van der Waals surface area contributed by atoms with E-state index in [0.29, 0.717) is 17.8 Å². The zero-order chi connectivity index (χ0) is 17.9. The first-order chi connectivity index (χ1) is 10.4. The summed E-state index contributed by atoms with van der Waals surface area (Å²) < 4.78 is 17.3. The molecule has 23 heavy (non-hydrogen) atoms. The fourth-order valence-electron chi connectivity index (χ4n) is 2.35. The van der Waals surface area contributed by atoms with Crippen molar-refractivity contribution >= 4 is 17.2 Å². The van der Waals surface area contributed by atoms with E-state index in [0.717, 1.165) is 4.90 Å². The third-order valence-electron chi connectivity index (χ3n) is 3.79. The maximum Gasteiger partial charge on any atom is 0.172 e. The molecule has 0 unspecified atom stereocenters. The SMILES string of the molecule is CC(C)c1cc(C(C)C)c([S@](=O)N=CC(C)(C)C)c(C(C)C)c1. The van der Waals surface area contributed by atoms with Crippen LogP contribution >= 0.6 is 0 Å². The molecule has 0 radical (unpaired) electrons. The Labute approximate surface area is 145 Å². The predicted molar refractivity (Wildman–Crippen MR) is 103 cm³/mol. The van der Waals surface area contributed by atoms with Crippen molar-refractivity contribution in [2.45, 2.75) is 85.0 Å². The largest absolute Gasteiger partial charge is 0.229 e. The van der Waals surface area contributed by atoms with Gasteiger partial charge in [0, 0.05) is 6.21 Å². The molecule has 0 aromatic heterocycles. The molecule has 0 bridgehead atoms. The molecule has 1 aromatic carbocycles. The molecule has 0 saturated carbocycles. The van der Waals surface area contributed by atoms with Crippen LogP contribution in [0.2, 0.25) is 0 Å². The first kappa shape index (κ1) is 20.1. The smallest absolute Gasteiger partial charge is 0.172 e. The molecule has 0 spiro atoms. The first-order valence-corrected chi connectivity index (χ1v) is 9.69. The summed E-state index contributed by atoms with van der Waals surface area (Å²) in [6, 6.07) is 4.45. The molecule has 0 amide bonds. The van der Waals surface area contributed by atoms with Crippen molar-refractivity contribution in [1.29, 1.82) is 0 Å². The predicted octanol–water partition coefficient (Wildman–Crippen LogP) is 6.20. The molecular formula is C20H33NOS. The van der Waals surface area contributed by atoms with Crippen molar-refractivity contribution < 1.29 is 4.21 Å². The van der Waals surface area contributed by atoms with E-state index < -0.39 is 11.0 Å². The van der Waals surface area contributed by atoms with E-state index in [1.165, 1.54) is 16.7 Å². The van der Waals surface area contributed by atoms with Gasteiger partial charge in [-0.3, -0.25) is 0 Å². The van der Waals surface area contributed by atoms with Gasteiger partial charge in [-0.2, -0.15) is 4.40 Å². The Kier molecular flexibility index (Phi) is 6.76. The number of benzene rings is 1. The minimum atomic E-state index is -1.35. The molecule has 2 nitrogen and oxygen atoms in total. The Bertz CT molecular complexity index is 563. The highest BCUT2D eigenvalue weighted by Crippen LogP contribution is 2.34. The van der Waals surface area contributed by atoms with Crippen LogP contribution < -0.4 is 0 Å². The van der Waals surface area contributed by atoms with Gasteiger partial charge in [0.15, 0.2) is 11.0 Å². The molecule has 0 aliphatic carbocycles. The van der Waals surface area contributed by atoms with Gasteiger partial charge in [-0.1, -0.05) is 74.4 Å². The monoisotopic (exact) mass is 335 g/mol. The van der Waals surface area contributed by atoms with Gasteiger partial charge in [-0.25, -0.2) is 4.21 Å². The Morgan fingerprint density at radius 2 is 1.35 bits per heavy atom.